The predicted octanol–water partition coefficient (Wildman–Crippen LogP) is 2.88. The Morgan fingerprint density at radius 2 is 1.91 bits per heavy atom. The molecule has 1 aliphatic heterocycles. The molecule has 2 aromatic carbocycles. The molecule has 0 atom stereocenters. The molecule has 1 saturated heterocycles. The van der Waals surface area contributed by atoms with Gasteiger partial charge in [0, 0.05) is 37.8 Å². The zero-order chi connectivity index (χ0) is 24.2. The molecule has 5 rings (SSSR count). The first-order valence-electron chi connectivity index (χ1n) is 11.3. The zero-order valence-electron chi connectivity index (χ0n) is 18.9. The van der Waals surface area contributed by atoms with Crippen LogP contribution in [-0.2, 0) is 17.9 Å². The summed E-state index contributed by atoms with van der Waals surface area (Å²) >= 11 is 0. The molecule has 3 heterocycles. The highest BCUT2D eigenvalue weighted by Crippen LogP contribution is 2.25. The van der Waals surface area contributed by atoms with Crippen LogP contribution in [0, 0.1) is 5.82 Å². The van der Waals surface area contributed by atoms with E-state index in [1.54, 1.807) is 36.5 Å². The van der Waals surface area contributed by atoms with Crippen LogP contribution >= 0.6 is 0 Å². The monoisotopic (exact) mass is 473 g/mol. The Balaban J connectivity index is 1.44. The van der Waals surface area contributed by atoms with Crippen molar-refractivity contribution in [3.8, 4) is 5.75 Å². The summed E-state index contributed by atoms with van der Waals surface area (Å²) in [5, 5.41) is 3.69. The van der Waals surface area contributed by atoms with Gasteiger partial charge in [0.15, 0.2) is 5.75 Å². The number of hydrogen-bond acceptors (Lipinski definition) is 5. The molecule has 1 fully saturated rings. The van der Waals surface area contributed by atoms with Crippen LogP contribution in [0.15, 0.2) is 73.1 Å². The van der Waals surface area contributed by atoms with Crippen LogP contribution in [0.1, 0.15) is 21.6 Å². The van der Waals surface area contributed by atoms with E-state index < -0.39 is 5.91 Å². The number of amides is 2. The van der Waals surface area contributed by atoms with E-state index in [-0.39, 0.29) is 17.4 Å². The molecular formula is C26H24FN5O3. The van der Waals surface area contributed by atoms with Crippen molar-refractivity contribution in [2.75, 3.05) is 19.6 Å². The molecule has 1 aliphatic rings. The maximum atomic E-state index is 13.4. The SMILES string of the molecule is O=C1CN(Cc2cn(Cc3ccc(F)cc3)c3cnc(C(=O)NOc4ccccc4)cc23)CCN1. The number of hydroxylamine groups is 1. The fourth-order valence-corrected chi connectivity index (χ4v) is 4.14. The molecule has 0 saturated carbocycles. The van der Waals surface area contributed by atoms with E-state index in [1.807, 2.05) is 29.0 Å². The van der Waals surface area contributed by atoms with Crippen LogP contribution in [-0.4, -0.2) is 45.9 Å². The molecule has 0 unspecified atom stereocenters. The second-order valence-corrected chi connectivity index (χ2v) is 8.40. The summed E-state index contributed by atoms with van der Waals surface area (Å²) in [5.74, 6) is -0.252. The Morgan fingerprint density at radius 1 is 1.11 bits per heavy atom. The van der Waals surface area contributed by atoms with Gasteiger partial charge >= 0.3 is 5.91 Å². The minimum Gasteiger partial charge on any atom is -0.379 e. The van der Waals surface area contributed by atoms with E-state index in [1.165, 1.54) is 12.1 Å². The number of carbonyl (C=O) groups is 2. The molecule has 2 amide bonds. The van der Waals surface area contributed by atoms with Gasteiger partial charge in [-0.2, -0.15) is 5.48 Å². The number of fused-ring (bicyclic) bond motifs is 1. The maximum absolute atomic E-state index is 13.4. The second-order valence-electron chi connectivity index (χ2n) is 8.40. The van der Waals surface area contributed by atoms with Crippen LogP contribution in [0.2, 0.25) is 0 Å². The lowest BCUT2D eigenvalue weighted by molar-refractivity contribution is -0.124. The molecule has 4 aromatic rings. The average molecular weight is 474 g/mol. The highest BCUT2D eigenvalue weighted by molar-refractivity contribution is 5.96. The fraction of sp³-hybridized carbons (Fsp3) is 0.192. The normalized spacial score (nSPS) is 14.0. The highest BCUT2D eigenvalue weighted by atomic mass is 19.1. The molecule has 0 spiro atoms. The number of rotatable bonds is 7. The molecule has 2 aromatic heterocycles. The van der Waals surface area contributed by atoms with Crippen molar-refractivity contribution < 1.29 is 18.8 Å². The van der Waals surface area contributed by atoms with Gasteiger partial charge < -0.3 is 14.7 Å². The summed E-state index contributed by atoms with van der Waals surface area (Å²) in [4.78, 5) is 36.4. The predicted molar refractivity (Wildman–Crippen MR) is 128 cm³/mol. The summed E-state index contributed by atoms with van der Waals surface area (Å²) in [6, 6.07) is 17.0. The summed E-state index contributed by atoms with van der Waals surface area (Å²) in [5.41, 5.74) is 5.39. The van der Waals surface area contributed by atoms with Crippen molar-refractivity contribution in [2.45, 2.75) is 13.1 Å². The lowest BCUT2D eigenvalue weighted by atomic mass is 10.1. The van der Waals surface area contributed by atoms with Crippen molar-refractivity contribution in [3.63, 3.8) is 0 Å². The van der Waals surface area contributed by atoms with Gasteiger partial charge in [-0.1, -0.05) is 30.3 Å². The molecule has 2 N–H and O–H groups in total. The van der Waals surface area contributed by atoms with Crippen LogP contribution in [0.25, 0.3) is 10.9 Å². The van der Waals surface area contributed by atoms with E-state index in [4.69, 9.17) is 4.84 Å². The van der Waals surface area contributed by atoms with Gasteiger partial charge in [-0.25, -0.2) is 9.37 Å². The Hall–Kier alpha value is -4.24. The summed E-state index contributed by atoms with van der Waals surface area (Å²) < 4.78 is 15.4. The average Bonchev–Trinajstić information content (AvgIpc) is 3.20. The number of nitrogens with zero attached hydrogens (tertiary/aromatic N) is 3. The van der Waals surface area contributed by atoms with Crippen molar-refractivity contribution in [2.24, 2.45) is 0 Å². The minimum atomic E-state index is -0.467. The minimum absolute atomic E-state index is 0.00825. The van der Waals surface area contributed by atoms with Crippen molar-refractivity contribution in [3.05, 3.63) is 95.7 Å². The fourth-order valence-electron chi connectivity index (χ4n) is 4.14. The third kappa shape index (κ3) is 5.30. The number of pyridine rings is 1. The van der Waals surface area contributed by atoms with Crippen LogP contribution in [0.4, 0.5) is 4.39 Å². The van der Waals surface area contributed by atoms with Gasteiger partial charge in [0.25, 0.3) is 0 Å². The maximum Gasteiger partial charge on any atom is 0.302 e. The number of piperazine rings is 1. The molecule has 8 nitrogen and oxygen atoms in total. The second kappa shape index (κ2) is 9.94. The number of hydrogen-bond donors (Lipinski definition) is 2. The van der Waals surface area contributed by atoms with Crippen LogP contribution < -0.4 is 15.6 Å². The van der Waals surface area contributed by atoms with E-state index in [2.05, 4.69) is 20.7 Å². The smallest absolute Gasteiger partial charge is 0.302 e. The number of para-hydroxylation sites is 1. The number of nitrogens with one attached hydrogen (secondary N) is 2. The molecular weight excluding hydrogens is 449 g/mol. The molecule has 0 aliphatic carbocycles. The molecule has 0 bridgehead atoms. The van der Waals surface area contributed by atoms with Gasteiger partial charge in [0.2, 0.25) is 5.91 Å². The van der Waals surface area contributed by atoms with E-state index >= 15 is 0 Å². The Kier molecular flexibility index (Phi) is 6.40. The Labute approximate surface area is 201 Å². The first-order chi connectivity index (χ1) is 17.0. The molecule has 0 radical (unpaired) electrons. The first kappa shape index (κ1) is 22.5. The van der Waals surface area contributed by atoms with E-state index in [0.717, 1.165) is 28.6 Å². The Morgan fingerprint density at radius 3 is 2.69 bits per heavy atom. The van der Waals surface area contributed by atoms with E-state index in [9.17, 15) is 14.0 Å². The first-order valence-corrected chi connectivity index (χ1v) is 11.3. The van der Waals surface area contributed by atoms with Gasteiger partial charge in [-0.05, 0) is 41.5 Å². The van der Waals surface area contributed by atoms with Gasteiger partial charge in [0.1, 0.15) is 11.5 Å². The molecule has 178 valence electrons. The Bertz CT molecular complexity index is 1350. The topological polar surface area (TPSA) is 88.5 Å². The quantitative estimate of drug-likeness (QED) is 0.403. The van der Waals surface area contributed by atoms with Gasteiger partial charge in [0.05, 0.1) is 18.3 Å². The molecule has 35 heavy (non-hydrogen) atoms. The van der Waals surface area contributed by atoms with Crippen LogP contribution in [0.3, 0.4) is 0 Å². The third-order valence-corrected chi connectivity index (χ3v) is 5.86. The lowest BCUT2D eigenvalue weighted by Crippen LogP contribution is -2.47. The standard InChI is InChI=1S/C26H24FN5O3/c27-20-8-6-18(7-9-20)14-32-16-19(15-31-11-10-28-25(33)17-31)22-12-23(29-13-24(22)32)26(34)30-35-21-4-2-1-3-5-21/h1-9,12-13,16H,10-11,14-15,17H2,(H,28,33)(H,30,34). The summed E-state index contributed by atoms with van der Waals surface area (Å²) in [6.07, 6.45) is 3.66. The number of halogens is 1. The zero-order valence-corrected chi connectivity index (χ0v) is 18.9. The van der Waals surface area contributed by atoms with E-state index in [0.29, 0.717) is 31.9 Å². The van der Waals surface area contributed by atoms with Crippen LogP contribution in [0.5, 0.6) is 5.75 Å². The lowest BCUT2D eigenvalue weighted by Gasteiger charge is -2.26. The molecule has 9 heteroatoms. The third-order valence-electron chi connectivity index (χ3n) is 5.86. The van der Waals surface area contributed by atoms with Gasteiger partial charge in [-0.15, -0.1) is 0 Å². The van der Waals surface area contributed by atoms with Gasteiger partial charge in [-0.3, -0.25) is 14.5 Å². The van der Waals surface area contributed by atoms with Crippen molar-refractivity contribution in [1.29, 1.82) is 0 Å². The number of carbonyl (C=O) groups excluding carboxylic acids is 2. The largest absolute Gasteiger partial charge is 0.379 e. The van der Waals surface area contributed by atoms with Crippen molar-refractivity contribution >= 4 is 22.7 Å². The summed E-state index contributed by atoms with van der Waals surface area (Å²) in [7, 11) is 0. The number of benzene rings is 2. The van der Waals surface area contributed by atoms with Crippen molar-refractivity contribution in [1.82, 2.24) is 25.2 Å². The highest BCUT2D eigenvalue weighted by Gasteiger charge is 2.20. The number of aromatic nitrogens is 2. The summed E-state index contributed by atoms with van der Waals surface area (Å²) in [6.45, 7) is 2.71.